The van der Waals surface area contributed by atoms with Crippen molar-refractivity contribution >= 4 is 40.9 Å². The predicted octanol–water partition coefficient (Wildman–Crippen LogP) is 2.14. The molecular formula is C23H23N3O5S. The van der Waals surface area contributed by atoms with Crippen molar-refractivity contribution < 1.29 is 23.9 Å². The summed E-state index contributed by atoms with van der Waals surface area (Å²) in [6.45, 7) is 2.11. The largest absolute Gasteiger partial charge is 0.476 e. The van der Waals surface area contributed by atoms with Crippen LogP contribution in [0.2, 0.25) is 0 Å². The molecule has 2 aromatic rings. The lowest BCUT2D eigenvalue weighted by Gasteiger charge is -2.37. The van der Waals surface area contributed by atoms with Gasteiger partial charge in [-0.05, 0) is 24.3 Å². The van der Waals surface area contributed by atoms with Crippen molar-refractivity contribution in [2.75, 3.05) is 43.1 Å². The van der Waals surface area contributed by atoms with Crippen molar-refractivity contribution in [2.45, 2.75) is 22.7 Å². The fourth-order valence-electron chi connectivity index (χ4n) is 4.08. The Morgan fingerprint density at radius 1 is 1.06 bits per heavy atom. The van der Waals surface area contributed by atoms with Gasteiger partial charge in [-0.1, -0.05) is 24.3 Å². The van der Waals surface area contributed by atoms with Gasteiger partial charge in [0.25, 0.3) is 5.91 Å². The van der Waals surface area contributed by atoms with Crippen molar-refractivity contribution in [2.24, 2.45) is 0 Å². The number of anilines is 2. The fraction of sp³-hybridized carbons (Fsp3) is 0.348. The fourth-order valence-corrected chi connectivity index (χ4v) is 5.18. The maximum Gasteiger partial charge on any atom is 0.265 e. The van der Waals surface area contributed by atoms with Gasteiger partial charge >= 0.3 is 0 Å². The number of hydrogen-bond acceptors (Lipinski definition) is 6. The molecule has 0 spiro atoms. The molecule has 9 heteroatoms. The lowest BCUT2D eigenvalue weighted by atomic mass is 10.1. The zero-order chi connectivity index (χ0) is 22.1. The molecule has 5 rings (SSSR count). The Morgan fingerprint density at radius 2 is 1.81 bits per heavy atom. The monoisotopic (exact) mass is 453 g/mol. The van der Waals surface area contributed by atoms with Crippen molar-refractivity contribution in [3.63, 3.8) is 0 Å². The molecule has 2 aromatic carbocycles. The molecular weight excluding hydrogens is 430 g/mol. The normalized spacial score (nSPS) is 22.3. The number of benzene rings is 2. The van der Waals surface area contributed by atoms with Gasteiger partial charge in [-0.15, -0.1) is 11.8 Å². The molecule has 0 radical (unpaired) electrons. The van der Waals surface area contributed by atoms with Gasteiger partial charge in [-0.3, -0.25) is 14.4 Å². The number of nitrogens with one attached hydrogen (secondary N) is 1. The molecule has 3 aliphatic heterocycles. The maximum absolute atomic E-state index is 13.4. The number of morpholine rings is 1. The third-order valence-corrected chi connectivity index (χ3v) is 7.01. The van der Waals surface area contributed by atoms with Crippen molar-refractivity contribution in [3.8, 4) is 5.75 Å². The van der Waals surface area contributed by atoms with E-state index in [0.29, 0.717) is 37.7 Å². The Hall–Kier alpha value is -3.04. The minimum absolute atomic E-state index is 0.0254. The summed E-state index contributed by atoms with van der Waals surface area (Å²) in [5.41, 5.74) is 1.38. The lowest BCUT2D eigenvalue weighted by molar-refractivity contribution is -0.142. The molecule has 1 N–H and O–H groups in total. The third-order valence-electron chi connectivity index (χ3n) is 5.74. The summed E-state index contributed by atoms with van der Waals surface area (Å²) in [4.78, 5) is 43.2. The molecule has 3 amide bonds. The molecule has 2 atom stereocenters. The van der Waals surface area contributed by atoms with E-state index < -0.39 is 11.4 Å². The average Bonchev–Trinajstić information content (AvgIpc) is 2.83. The van der Waals surface area contributed by atoms with Crippen LogP contribution < -0.4 is 15.0 Å². The number of fused-ring (bicyclic) bond motifs is 2. The first kappa shape index (κ1) is 20.8. The molecule has 0 saturated carbocycles. The lowest BCUT2D eigenvalue weighted by Crippen LogP contribution is -2.54. The van der Waals surface area contributed by atoms with Crippen molar-refractivity contribution in [3.05, 3.63) is 48.5 Å². The Labute approximate surface area is 189 Å². The number of thioether (sulfide) groups is 1. The molecule has 0 aliphatic carbocycles. The number of hydrogen-bond donors (Lipinski definition) is 1. The first-order valence-electron chi connectivity index (χ1n) is 10.6. The van der Waals surface area contributed by atoms with E-state index in [1.807, 2.05) is 36.4 Å². The van der Waals surface area contributed by atoms with Crippen LogP contribution in [0, 0.1) is 0 Å². The number of ether oxygens (including phenoxy) is 2. The van der Waals surface area contributed by atoms with Crippen LogP contribution in [0.4, 0.5) is 11.4 Å². The molecule has 3 heterocycles. The van der Waals surface area contributed by atoms with Crippen LogP contribution in [0.1, 0.15) is 6.42 Å². The second-order valence-electron chi connectivity index (χ2n) is 7.81. The Balaban J connectivity index is 1.35. The highest BCUT2D eigenvalue weighted by molar-refractivity contribution is 8.01. The summed E-state index contributed by atoms with van der Waals surface area (Å²) in [5.74, 6) is -0.0683. The summed E-state index contributed by atoms with van der Waals surface area (Å²) in [7, 11) is 0. The summed E-state index contributed by atoms with van der Waals surface area (Å²) >= 11 is 1.39. The van der Waals surface area contributed by atoms with Crippen LogP contribution in [0.25, 0.3) is 0 Å². The zero-order valence-electron chi connectivity index (χ0n) is 17.4. The number of carbonyl (C=O) groups excluding carboxylic acids is 3. The second kappa shape index (κ2) is 8.84. The van der Waals surface area contributed by atoms with E-state index in [1.54, 1.807) is 21.9 Å². The Kier molecular flexibility index (Phi) is 5.75. The Bertz CT molecular complexity index is 1060. The van der Waals surface area contributed by atoms with Gasteiger partial charge < -0.3 is 24.6 Å². The number of rotatable bonds is 3. The van der Waals surface area contributed by atoms with Gasteiger partial charge in [0.1, 0.15) is 5.75 Å². The molecule has 1 fully saturated rings. The molecule has 0 aromatic heterocycles. The minimum atomic E-state index is -0.791. The SMILES string of the molecule is O=C1Nc2ccccc2SC1CC(=O)N1CC(C(=O)N2CCOCC2)Oc2ccccc21. The zero-order valence-corrected chi connectivity index (χ0v) is 18.2. The van der Waals surface area contributed by atoms with Gasteiger partial charge in [0, 0.05) is 24.4 Å². The summed E-state index contributed by atoms with van der Waals surface area (Å²) < 4.78 is 11.3. The van der Waals surface area contributed by atoms with E-state index in [2.05, 4.69) is 5.32 Å². The minimum Gasteiger partial charge on any atom is -0.476 e. The van der Waals surface area contributed by atoms with E-state index in [4.69, 9.17) is 9.47 Å². The van der Waals surface area contributed by atoms with Gasteiger partial charge in [-0.2, -0.15) is 0 Å². The highest BCUT2D eigenvalue weighted by atomic mass is 32.2. The van der Waals surface area contributed by atoms with E-state index >= 15 is 0 Å². The third kappa shape index (κ3) is 4.05. The van der Waals surface area contributed by atoms with Crippen LogP contribution in [0.15, 0.2) is 53.4 Å². The summed E-state index contributed by atoms with van der Waals surface area (Å²) in [5, 5.41) is 2.34. The molecule has 166 valence electrons. The Morgan fingerprint density at radius 3 is 2.66 bits per heavy atom. The smallest absolute Gasteiger partial charge is 0.265 e. The van der Waals surface area contributed by atoms with Crippen LogP contribution >= 0.6 is 11.8 Å². The van der Waals surface area contributed by atoms with Gasteiger partial charge in [0.15, 0.2) is 6.10 Å². The summed E-state index contributed by atoms with van der Waals surface area (Å²) in [6, 6.07) is 14.7. The highest BCUT2D eigenvalue weighted by Crippen LogP contribution is 2.38. The van der Waals surface area contributed by atoms with Crippen molar-refractivity contribution in [1.29, 1.82) is 0 Å². The van der Waals surface area contributed by atoms with Gasteiger partial charge in [0.05, 0.1) is 36.4 Å². The number of carbonyl (C=O) groups is 3. The highest BCUT2D eigenvalue weighted by Gasteiger charge is 2.38. The van der Waals surface area contributed by atoms with Crippen molar-refractivity contribution in [1.82, 2.24) is 4.90 Å². The average molecular weight is 454 g/mol. The van der Waals surface area contributed by atoms with Crippen LogP contribution in [0.5, 0.6) is 5.75 Å². The van der Waals surface area contributed by atoms with Crippen LogP contribution in [-0.4, -0.2) is 66.8 Å². The van der Waals surface area contributed by atoms with Gasteiger partial charge in [0.2, 0.25) is 11.8 Å². The molecule has 8 nitrogen and oxygen atoms in total. The second-order valence-corrected chi connectivity index (χ2v) is 9.06. The number of amides is 3. The van der Waals surface area contributed by atoms with Crippen LogP contribution in [0.3, 0.4) is 0 Å². The number of nitrogens with zero attached hydrogens (tertiary/aromatic N) is 2. The first-order chi connectivity index (χ1) is 15.6. The quantitative estimate of drug-likeness (QED) is 0.766. The number of para-hydroxylation sites is 3. The summed E-state index contributed by atoms with van der Waals surface area (Å²) in [6.07, 6.45) is -0.766. The van der Waals surface area contributed by atoms with E-state index in [1.165, 1.54) is 11.8 Å². The van der Waals surface area contributed by atoms with E-state index in [9.17, 15) is 14.4 Å². The standard InChI is InChI=1S/C23H23N3O5S/c27-21(13-20-22(28)24-15-5-1-4-8-19(15)32-20)26-14-18(23(29)25-9-11-30-12-10-25)31-17-7-3-2-6-16(17)26/h1-8,18,20H,9-14H2,(H,24,28). The van der Waals surface area contributed by atoms with Crippen LogP contribution in [-0.2, 0) is 19.1 Å². The van der Waals surface area contributed by atoms with Gasteiger partial charge in [-0.25, -0.2) is 0 Å². The maximum atomic E-state index is 13.4. The molecule has 32 heavy (non-hydrogen) atoms. The molecule has 2 unspecified atom stereocenters. The topological polar surface area (TPSA) is 88.2 Å². The van der Waals surface area contributed by atoms with E-state index in [-0.39, 0.29) is 30.7 Å². The first-order valence-corrected chi connectivity index (χ1v) is 11.5. The molecule has 3 aliphatic rings. The molecule has 1 saturated heterocycles. The predicted molar refractivity (Wildman–Crippen MR) is 120 cm³/mol. The molecule has 0 bridgehead atoms. The van der Waals surface area contributed by atoms with E-state index in [0.717, 1.165) is 10.6 Å².